The fraction of sp³-hybridized carbons (Fsp3) is 0.556. The molecule has 0 aromatic carbocycles. The molecule has 0 unspecified atom stereocenters. The highest BCUT2D eigenvalue weighted by Crippen LogP contribution is 2.01. The molecule has 6 heteroatoms. The summed E-state index contributed by atoms with van der Waals surface area (Å²) in [4.78, 5) is 36.3. The smallest absolute Gasteiger partial charge is 0.433 e. The fourth-order valence-corrected chi connectivity index (χ4v) is 0.836. The van der Waals surface area contributed by atoms with Crippen molar-refractivity contribution in [2.45, 2.75) is 20.3 Å². The third-order valence-electron chi connectivity index (χ3n) is 1.55. The Labute approximate surface area is 87.5 Å². The van der Waals surface area contributed by atoms with E-state index in [0.29, 0.717) is 0 Å². The lowest BCUT2D eigenvalue weighted by Gasteiger charge is -2.05. The van der Waals surface area contributed by atoms with Crippen LogP contribution in [0.15, 0.2) is 4.99 Å². The van der Waals surface area contributed by atoms with E-state index in [1.54, 1.807) is 13.8 Å². The fourth-order valence-electron chi connectivity index (χ4n) is 0.836. The second kappa shape index (κ2) is 5.90. The number of hydrogen-bond donors (Lipinski definition) is 1. The average molecular weight is 214 g/mol. The van der Waals surface area contributed by atoms with E-state index < -0.39 is 12.0 Å². The first-order valence-corrected chi connectivity index (χ1v) is 4.36. The molecule has 0 saturated carbocycles. The Hall–Kier alpha value is -1.72. The van der Waals surface area contributed by atoms with Crippen molar-refractivity contribution in [3.8, 4) is 0 Å². The van der Waals surface area contributed by atoms with Gasteiger partial charge < -0.3 is 10.5 Å². The number of carbonyl (C=O) groups excluding carboxylic acids is 3. The Morgan fingerprint density at radius 1 is 1.33 bits per heavy atom. The van der Waals surface area contributed by atoms with Crippen LogP contribution in [0.1, 0.15) is 20.3 Å². The van der Waals surface area contributed by atoms with Gasteiger partial charge in [-0.2, -0.15) is 4.99 Å². The van der Waals surface area contributed by atoms with Crippen LogP contribution in [0.3, 0.4) is 0 Å². The van der Waals surface area contributed by atoms with Crippen LogP contribution in [-0.4, -0.2) is 30.6 Å². The van der Waals surface area contributed by atoms with Crippen LogP contribution in [0.4, 0.5) is 4.79 Å². The molecule has 84 valence electrons. The lowest BCUT2D eigenvalue weighted by atomic mass is 10.0. The van der Waals surface area contributed by atoms with E-state index in [0.717, 1.165) is 7.11 Å². The van der Waals surface area contributed by atoms with Gasteiger partial charge in [0.25, 0.3) is 0 Å². The van der Waals surface area contributed by atoms with Gasteiger partial charge in [0, 0.05) is 5.92 Å². The molecule has 0 aliphatic carbocycles. The van der Waals surface area contributed by atoms with Crippen LogP contribution in [0.2, 0.25) is 0 Å². The molecule has 2 N–H and O–H groups in total. The van der Waals surface area contributed by atoms with Gasteiger partial charge in [0.1, 0.15) is 5.71 Å². The summed E-state index contributed by atoms with van der Waals surface area (Å²) in [5.41, 5.74) is 4.76. The standard InChI is InChI=1S/C9H14N2O4/c1-5(2)8(13)6(4-7(10)12)11-9(14)15-3/h5H,4H2,1-3H3,(H2,10,12). The predicted octanol–water partition coefficient (Wildman–Crippen LogP) is 0.294. The molecule has 0 fully saturated rings. The average Bonchev–Trinajstić information content (AvgIpc) is 2.14. The van der Waals surface area contributed by atoms with E-state index in [2.05, 4.69) is 9.73 Å². The Bertz CT molecular complexity index is 307. The highest BCUT2D eigenvalue weighted by molar-refractivity contribution is 6.44. The SMILES string of the molecule is COC(=O)N=C(CC(N)=O)C(=O)C(C)C. The Balaban J connectivity index is 4.88. The van der Waals surface area contributed by atoms with Gasteiger partial charge in [0.15, 0.2) is 5.78 Å². The van der Waals surface area contributed by atoms with E-state index in [1.165, 1.54) is 0 Å². The molecule has 15 heavy (non-hydrogen) atoms. The Morgan fingerprint density at radius 3 is 2.20 bits per heavy atom. The number of hydrogen-bond acceptors (Lipinski definition) is 4. The number of primary amides is 1. The lowest BCUT2D eigenvalue weighted by Crippen LogP contribution is -2.27. The number of nitrogens with zero attached hydrogens (tertiary/aromatic N) is 1. The topological polar surface area (TPSA) is 98.8 Å². The number of nitrogens with two attached hydrogens (primary N) is 1. The highest BCUT2D eigenvalue weighted by Gasteiger charge is 2.19. The van der Waals surface area contributed by atoms with Crippen molar-refractivity contribution in [3.05, 3.63) is 0 Å². The largest absolute Gasteiger partial charge is 0.451 e. The molecule has 0 aromatic rings. The van der Waals surface area contributed by atoms with Gasteiger partial charge in [0.05, 0.1) is 13.5 Å². The minimum atomic E-state index is -0.916. The summed E-state index contributed by atoms with van der Waals surface area (Å²) in [6, 6.07) is 0. The summed E-state index contributed by atoms with van der Waals surface area (Å²) in [6.45, 7) is 3.27. The van der Waals surface area contributed by atoms with Crippen LogP contribution in [0.5, 0.6) is 0 Å². The van der Waals surface area contributed by atoms with Gasteiger partial charge in [-0.1, -0.05) is 13.8 Å². The number of aliphatic imine (C=N–C) groups is 1. The molecule has 2 amide bonds. The number of ketones is 1. The van der Waals surface area contributed by atoms with Crippen LogP contribution in [0, 0.1) is 5.92 Å². The zero-order chi connectivity index (χ0) is 12.0. The molecule has 0 aliphatic heterocycles. The lowest BCUT2D eigenvalue weighted by molar-refractivity contribution is -0.119. The second-order valence-electron chi connectivity index (χ2n) is 3.19. The maximum atomic E-state index is 11.5. The first-order valence-electron chi connectivity index (χ1n) is 4.36. The maximum Gasteiger partial charge on any atom is 0.433 e. The molecule has 0 aliphatic rings. The van der Waals surface area contributed by atoms with Gasteiger partial charge in [-0.15, -0.1) is 0 Å². The normalized spacial score (nSPS) is 11.3. The van der Waals surface area contributed by atoms with Gasteiger partial charge in [0.2, 0.25) is 5.91 Å². The van der Waals surface area contributed by atoms with Crippen LogP contribution >= 0.6 is 0 Å². The number of rotatable bonds is 4. The van der Waals surface area contributed by atoms with Crippen molar-refractivity contribution in [2.75, 3.05) is 7.11 Å². The molecule has 0 heterocycles. The molecule has 0 atom stereocenters. The number of carbonyl (C=O) groups is 3. The van der Waals surface area contributed by atoms with E-state index in [9.17, 15) is 14.4 Å². The van der Waals surface area contributed by atoms with Gasteiger partial charge in [-0.3, -0.25) is 9.59 Å². The van der Waals surface area contributed by atoms with Gasteiger partial charge in [-0.05, 0) is 0 Å². The number of ether oxygens (including phenoxy) is 1. The Morgan fingerprint density at radius 2 is 1.87 bits per heavy atom. The van der Waals surface area contributed by atoms with Crippen molar-refractivity contribution in [1.29, 1.82) is 0 Å². The first-order chi connectivity index (χ1) is 6.88. The number of methoxy groups -OCH3 is 1. The Kier molecular flexibility index (Phi) is 5.22. The molecular formula is C9H14N2O4. The van der Waals surface area contributed by atoms with Crippen molar-refractivity contribution >= 4 is 23.5 Å². The van der Waals surface area contributed by atoms with Crippen molar-refractivity contribution in [1.82, 2.24) is 0 Å². The zero-order valence-electron chi connectivity index (χ0n) is 8.94. The van der Waals surface area contributed by atoms with Crippen molar-refractivity contribution in [3.63, 3.8) is 0 Å². The van der Waals surface area contributed by atoms with Crippen molar-refractivity contribution in [2.24, 2.45) is 16.6 Å². The number of amides is 2. The highest BCUT2D eigenvalue weighted by atomic mass is 16.5. The molecule has 0 saturated heterocycles. The number of Topliss-reactive ketones (excluding diaryl/α,β-unsaturated/α-hetero) is 1. The zero-order valence-corrected chi connectivity index (χ0v) is 8.94. The van der Waals surface area contributed by atoms with E-state index >= 15 is 0 Å². The molecule has 0 rings (SSSR count). The van der Waals surface area contributed by atoms with E-state index in [1.807, 2.05) is 0 Å². The van der Waals surface area contributed by atoms with Crippen LogP contribution in [-0.2, 0) is 14.3 Å². The first kappa shape index (κ1) is 13.3. The minimum absolute atomic E-state index is 0.163. The second-order valence-corrected chi connectivity index (χ2v) is 3.19. The van der Waals surface area contributed by atoms with Crippen LogP contribution < -0.4 is 5.73 Å². The third kappa shape index (κ3) is 4.90. The molecule has 0 radical (unpaired) electrons. The molecular weight excluding hydrogens is 200 g/mol. The summed E-state index contributed by atoms with van der Waals surface area (Å²) >= 11 is 0. The van der Waals surface area contributed by atoms with Crippen molar-refractivity contribution < 1.29 is 19.1 Å². The molecule has 0 aromatic heterocycles. The van der Waals surface area contributed by atoms with Crippen LogP contribution in [0.25, 0.3) is 0 Å². The van der Waals surface area contributed by atoms with E-state index in [4.69, 9.17) is 5.73 Å². The maximum absolute atomic E-state index is 11.5. The monoisotopic (exact) mass is 214 g/mol. The molecule has 0 spiro atoms. The summed E-state index contributed by atoms with van der Waals surface area (Å²) in [7, 11) is 1.13. The third-order valence-corrected chi connectivity index (χ3v) is 1.55. The summed E-state index contributed by atoms with van der Waals surface area (Å²) in [6.07, 6.45) is -1.27. The predicted molar refractivity (Wildman–Crippen MR) is 53.5 cm³/mol. The van der Waals surface area contributed by atoms with Gasteiger partial charge in [-0.25, -0.2) is 4.79 Å². The van der Waals surface area contributed by atoms with E-state index in [-0.39, 0.29) is 23.8 Å². The molecule has 0 bridgehead atoms. The summed E-state index contributed by atoms with van der Waals surface area (Å²) in [5, 5.41) is 0. The van der Waals surface area contributed by atoms with Gasteiger partial charge >= 0.3 is 6.09 Å². The minimum Gasteiger partial charge on any atom is -0.451 e. The molecule has 6 nitrogen and oxygen atoms in total. The quantitative estimate of drug-likeness (QED) is 0.680. The summed E-state index contributed by atoms with van der Waals surface area (Å²) in [5.74, 6) is -1.46. The summed E-state index contributed by atoms with van der Waals surface area (Å²) < 4.78 is 4.26.